The summed E-state index contributed by atoms with van der Waals surface area (Å²) in [6.07, 6.45) is -4.52. The van der Waals surface area contributed by atoms with Crippen LogP contribution in [-0.2, 0) is 17.5 Å². The Morgan fingerprint density at radius 2 is 2.00 bits per heavy atom. The van der Waals surface area contributed by atoms with E-state index in [1.165, 1.54) is 7.11 Å². The van der Waals surface area contributed by atoms with Crippen molar-refractivity contribution in [3.63, 3.8) is 0 Å². The molecule has 1 rings (SSSR count). The van der Waals surface area contributed by atoms with E-state index >= 15 is 0 Å². The molecule has 0 aliphatic heterocycles. The normalized spacial score (nSPS) is 13.7. The van der Waals surface area contributed by atoms with E-state index in [0.29, 0.717) is 12.7 Å². The van der Waals surface area contributed by atoms with Gasteiger partial charge in [-0.3, -0.25) is 0 Å². The molecule has 1 aromatic rings. The minimum absolute atomic E-state index is 0.00306. The van der Waals surface area contributed by atoms with Crippen molar-refractivity contribution in [1.82, 2.24) is 5.32 Å². The maximum Gasteiger partial charge on any atom is 0.416 e. The van der Waals surface area contributed by atoms with E-state index in [9.17, 15) is 17.6 Å². The fourth-order valence-electron chi connectivity index (χ4n) is 1.46. The van der Waals surface area contributed by atoms with Crippen LogP contribution < -0.4 is 5.32 Å². The average Bonchev–Trinajstić information content (AvgIpc) is 2.26. The van der Waals surface area contributed by atoms with Gasteiger partial charge in [-0.1, -0.05) is 6.07 Å². The Bertz CT molecular complexity index is 392. The molecule has 0 bridgehead atoms. The van der Waals surface area contributed by atoms with Crippen LogP contribution in [0.1, 0.15) is 18.1 Å². The van der Waals surface area contributed by atoms with Crippen molar-refractivity contribution in [3.05, 3.63) is 35.1 Å². The van der Waals surface area contributed by atoms with Crippen molar-refractivity contribution in [3.8, 4) is 0 Å². The largest absolute Gasteiger partial charge is 0.416 e. The molecule has 0 aliphatic rings. The number of benzene rings is 1. The Morgan fingerprint density at radius 3 is 2.50 bits per heavy atom. The van der Waals surface area contributed by atoms with Gasteiger partial charge in [-0.25, -0.2) is 4.39 Å². The van der Waals surface area contributed by atoms with Gasteiger partial charge in [-0.2, -0.15) is 13.2 Å². The summed E-state index contributed by atoms with van der Waals surface area (Å²) in [5.41, 5.74) is -0.778. The van der Waals surface area contributed by atoms with Gasteiger partial charge in [0, 0.05) is 25.3 Å². The third kappa shape index (κ3) is 4.27. The Kier molecular flexibility index (Phi) is 5.10. The van der Waals surface area contributed by atoms with E-state index in [4.69, 9.17) is 4.74 Å². The van der Waals surface area contributed by atoms with Gasteiger partial charge in [0.15, 0.2) is 0 Å². The molecule has 102 valence electrons. The second-order valence-corrected chi connectivity index (χ2v) is 4.04. The molecule has 18 heavy (non-hydrogen) atoms. The molecule has 0 aliphatic carbocycles. The fourth-order valence-corrected chi connectivity index (χ4v) is 1.46. The highest BCUT2D eigenvalue weighted by atomic mass is 19.4. The Labute approximate surface area is 103 Å². The number of hydrogen-bond acceptors (Lipinski definition) is 2. The van der Waals surface area contributed by atoms with Crippen LogP contribution in [0.2, 0.25) is 0 Å². The van der Waals surface area contributed by atoms with Gasteiger partial charge in [0.05, 0.1) is 12.2 Å². The van der Waals surface area contributed by atoms with Crippen LogP contribution in [0.3, 0.4) is 0 Å². The van der Waals surface area contributed by atoms with Crippen molar-refractivity contribution >= 4 is 0 Å². The molecule has 1 aromatic carbocycles. The lowest BCUT2D eigenvalue weighted by atomic mass is 10.1. The molecule has 0 unspecified atom stereocenters. The molecule has 0 amide bonds. The van der Waals surface area contributed by atoms with Gasteiger partial charge in [-0.05, 0) is 19.1 Å². The smallest absolute Gasteiger partial charge is 0.383 e. The predicted octanol–water partition coefficient (Wildman–Crippen LogP) is 2.97. The Hall–Kier alpha value is -1.14. The lowest BCUT2D eigenvalue weighted by molar-refractivity contribution is -0.137. The van der Waals surface area contributed by atoms with E-state index in [1.807, 2.05) is 6.92 Å². The molecule has 2 nitrogen and oxygen atoms in total. The van der Waals surface area contributed by atoms with Gasteiger partial charge in [0.1, 0.15) is 5.82 Å². The monoisotopic (exact) mass is 265 g/mol. The SMILES string of the molecule is COC[C@@H](C)NCc1ccc(C(F)(F)F)cc1F. The van der Waals surface area contributed by atoms with Crippen molar-refractivity contribution in [2.24, 2.45) is 0 Å². The van der Waals surface area contributed by atoms with E-state index in [0.717, 1.165) is 12.1 Å². The average molecular weight is 265 g/mol. The molecular formula is C12H15F4NO. The Balaban J connectivity index is 2.69. The highest BCUT2D eigenvalue weighted by Crippen LogP contribution is 2.30. The maximum atomic E-state index is 13.4. The molecule has 0 fully saturated rings. The molecule has 0 saturated heterocycles. The quantitative estimate of drug-likeness (QED) is 0.826. The molecule has 0 radical (unpaired) electrons. The summed E-state index contributed by atoms with van der Waals surface area (Å²) in [6.45, 7) is 2.45. The molecule has 0 aromatic heterocycles. The first kappa shape index (κ1) is 14.9. The first-order chi connectivity index (χ1) is 8.34. The van der Waals surface area contributed by atoms with Gasteiger partial charge in [-0.15, -0.1) is 0 Å². The minimum Gasteiger partial charge on any atom is -0.383 e. The van der Waals surface area contributed by atoms with Crippen LogP contribution >= 0.6 is 0 Å². The second kappa shape index (κ2) is 6.15. The van der Waals surface area contributed by atoms with Crippen LogP contribution in [0.4, 0.5) is 17.6 Å². The molecule has 0 saturated carbocycles. The number of ether oxygens (including phenoxy) is 1. The Morgan fingerprint density at radius 1 is 1.33 bits per heavy atom. The fraction of sp³-hybridized carbons (Fsp3) is 0.500. The second-order valence-electron chi connectivity index (χ2n) is 4.04. The third-order valence-electron chi connectivity index (χ3n) is 2.44. The number of hydrogen-bond donors (Lipinski definition) is 1. The van der Waals surface area contributed by atoms with E-state index in [-0.39, 0.29) is 18.2 Å². The standard InChI is InChI=1S/C12H15F4NO/c1-8(7-18-2)17-6-9-3-4-10(5-11(9)13)12(14,15)16/h3-5,8,17H,6-7H2,1-2H3/t8-/m1/s1. The zero-order chi connectivity index (χ0) is 13.8. The van der Waals surface area contributed by atoms with E-state index < -0.39 is 17.6 Å². The van der Waals surface area contributed by atoms with Crippen molar-refractivity contribution in [2.45, 2.75) is 25.7 Å². The molecule has 1 N–H and O–H groups in total. The van der Waals surface area contributed by atoms with E-state index in [1.54, 1.807) is 0 Å². The van der Waals surface area contributed by atoms with Crippen LogP contribution in [0.15, 0.2) is 18.2 Å². The van der Waals surface area contributed by atoms with Crippen LogP contribution in [0, 0.1) is 5.82 Å². The molecule has 0 heterocycles. The summed E-state index contributed by atoms with van der Waals surface area (Å²) in [7, 11) is 1.54. The molecule has 6 heteroatoms. The highest BCUT2D eigenvalue weighted by Gasteiger charge is 2.31. The summed E-state index contributed by atoms with van der Waals surface area (Å²) < 4.78 is 55.3. The lowest BCUT2D eigenvalue weighted by Gasteiger charge is -2.14. The zero-order valence-corrected chi connectivity index (χ0v) is 10.1. The number of rotatable bonds is 5. The van der Waals surface area contributed by atoms with Gasteiger partial charge in [0.2, 0.25) is 0 Å². The van der Waals surface area contributed by atoms with Gasteiger partial charge < -0.3 is 10.1 Å². The van der Waals surface area contributed by atoms with Crippen molar-refractivity contribution in [1.29, 1.82) is 0 Å². The summed E-state index contributed by atoms with van der Waals surface area (Å²) in [6, 6.07) is 2.53. The zero-order valence-electron chi connectivity index (χ0n) is 10.1. The highest BCUT2D eigenvalue weighted by molar-refractivity contribution is 5.26. The molecule has 0 spiro atoms. The van der Waals surface area contributed by atoms with Crippen molar-refractivity contribution < 1.29 is 22.3 Å². The van der Waals surface area contributed by atoms with Crippen molar-refractivity contribution in [2.75, 3.05) is 13.7 Å². The number of halogens is 4. The first-order valence-corrected chi connectivity index (χ1v) is 5.42. The van der Waals surface area contributed by atoms with Crippen LogP contribution in [-0.4, -0.2) is 19.8 Å². The molecular weight excluding hydrogens is 250 g/mol. The maximum absolute atomic E-state index is 13.4. The topological polar surface area (TPSA) is 21.3 Å². The summed E-state index contributed by atoms with van der Waals surface area (Å²) in [5.74, 6) is -0.859. The third-order valence-corrected chi connectivity index (χ3v) is 2.44. The van der Waals surface area contributed by atoms with Crippen LogP contribution in [0.25, 0.3) is 0 Å². The first-order valence-electron chi connectivity index (χ1n) is 5.42. The number of methoxy groups -OCH3 is 1. The molecule has 1 atom stereocenters. The van der Waals surface area contributed by atoms with Gasteiger partial charge >= 0.3 is 6.18 Å². The minimum atomic E-state index is -4.52. The lowest BCUT2D eigenvalue weighted by Crippen LogP contribution is -2.29. The number of nitrogens with one attached hydrogen (secondary N) is 1. The summed E-state index contributed by atoms with van der Waals surface area (Å²) >= 11 is 0. The predicted molar refractivity (Wildman–Crippen MR) is 59.6 cm³/mol. The summed E-state index contributed by atoms with van der Waals surface area (Å²) in [4.78, 5) is 0. The van der Waals surface area contributed by atoms with Gasteiger partial charge in [0.25, 0.3) is 0 Å². The summed E-state index contributed by atoms with van der Waals surface area (Å²) in [5, 5.41) is 2.95. The number of alkyl halides is 3. The van der Waals surface area contributed by atoms with Crippen LogP contribution in [0.5, 0.6) is 0 Å². The van der Waals surface area contributed by atoms with E-state index in [2.05, 4.69) is 5.32 Å².